The fourth-order valence-electron chi connectivity index (χ4n) is 4.87. The average Bonchev–Trinajstić information content (AvgIpc) is 3.56. The van der Waals surface area contributed by atoms with Gasteiger partial charge in [-0.25, -0.2) is 4.79 Å². The maximum Gasteiger partial charge on any atom is 0.407 e. The van der Waals surface area contributed by atoms with E-state index in [0.29, 0.717) is 0 Å². The first-order valence-electron chi connectivity index (χ1n) is 11.7. The molecular weight excluding hydrogens is 444 g/mol. The van der Waals surface area contributed by atoms with Gasteiger partial charge >= 0.3 is 12.1 Å². The van der Waals surface area contributed by atoms with E-state index < -0.39 is 30.4 Å². The predicted octanol–water partition coefficient (Wildman–Crippen LogP) is 4.04. The van der Waals surface area contributed by atoms with Gasteiger partial charge in [-0.2, -0.15) is 0 Å². The van der Waals surface area contributed by atoms with E-state index in [4.69, 9.17) is 4.74 Å². The molecule has 3 N–H and O–H groups in total. The van der Waals surface area contributed by atoms with E-state index in [-0.39, 0.29) is 24.5 Å². The van der Waals surface area contributed by atoms with Gasteiger partial charge in [0.05, 0.1) is 6.42 Å². The van der Waals surface area contributed by atoms with Gasteiger partial charge in [-0.05, 0) is 34.2 Å². The summed E-state index contributed by atoms with van der Waals surface area (Å²) in [5.74, 6) is -1.64. The van der Waals surface area contributed by atoms with Crippen LogP contribution in [0.5, 0.6) is 0 Å². The topological polar surface area (TPSA) is 105 Å². The summed E-state index contributed by atoms with van der Waals surface area (Å²) in [4.78, 5) is 36.7. The van der Waals surface area contributed by atoms with Crippen LogP contribution >= 0.6 is 0 Å². The van der Waals surface area contributed by atoms with Crippen molar-refractivity contribution in [3.05, 3.63) is 95.6 Å². The van der Waals surface area contributed by atoms with E-state index in [1.54, 1.807) is 0 Å². The molecule has 0 aliphatic heterocycles. The molecule has 0 bridgehead atoms. The second-order valence-corrected chi connectivity index (χ2v) is 8.99. The fraction of sp³-hybridized carbons (Fsp3) is 0.250. The molecule has 0 aromatic heterocycles. The van der Waals surface area contributed by atoms with Crippen LogP contribution < -0.4 is 10.6 Å². The predicted molar refractivity (Wildman–Crippen MR) is 130 cm³/mol. The third-order valence-corrected chi connectivity index (χ3v) is 6.68. The lowest BCUT2D eigenvalue weighted by molar-refractivity contribution is -0.139. The number of fused-ring (bicyclic) bond motifs is 3. The van der Waals surface area contributed by atoms with Gasteiger partial charge < -0.3 is 20.5 Å². The molecule has 3 unspecified atom stereocenters. The third-order valence-electron chi connectivity index (χ3n) is 6.68. The number of carbonyl (C=O) groups is 3. The highest BCUT2D eigenvalue weighted by Crippen LogP contribution is 2.44. The van der Waals surface area contributed by atoms with Crippen molar-refractivity contribution in [2.24, 2.45) is 0 Å². The Kier molecular flexibility index (Phi) is 6.23. The lowest BCUT2D eigenvalue weighted by Crippen LogP contribution is -2.48. The molecule has 2 amide bonds. The van der Waals surface area contributed by atoms with Crippen LogP contribution in [0.15, 0.2) is 78.9 Å². The van der Waals surface area contributed by atoms with Crippen molar-refractivity contribution < 1.29 is 24.2 Å². The molecule has 178 valence electrons. The van der Waals surface area contributed by atoms with Gasteiger partial charge in [-0.3, -0.25) is 9.59 Å². The second kappa shape index (κ2) is 9.62. The number of carboxylic acid groups (broad SMARTS) is 1. The Morgan fingerprint density at radius 3 is 2.11 bits per heavy atom. The van der Waals surface area contributed by atoms with Crippen molar-refractivity contribution >= 4 is 18.0 Å². The Morgan fingerprint density at radius 1 is 0.886 bits per heavy atom. The molecule has 7 nitrogen and oxygen atoms in total. The number of aliphatic carboxylic acids is 1. The Morgan fingerprint density at radius 2 is 1.49 bits per heavy atom. The number of rotatable bonds is 8. The van der Waals surface area contributed by atoms with Crippen LogP contribution in [0.1, 0.15) is 41.4 Å². The van der Waals surface area contributed by atoms with E-state index in [9.17, 15) is 19.5 Å². The first-order chi connectivity index (χ1) is 17.0. The van der Waals surface area contributed by atoms with E-state index >= 15 is 0 Å². The molecule has 1 saturated carbocycles. The van der Waals surface area contributed by atoms with Crippen molar-refractivity contribution in [1.29, 1.82) is 0 Å². The van der Waals surface area contributed by atoms with Crippen LogP contribution in [0.3, 0.4) is 0 Å². The molecule has 5 rings (SSSR count). The maximum atomic E-state index is 12.8. The van der Waals surface area contributed by atoms with Crippen LogP contribution in [0.4, 0.5) is 4.79 Å². The fourth-order valence-corrected chi connectivity index (χ4v) is 4.87. The summed E-state index contributed by atoms with van der Waals surface area (Å²) in [6, 6.07) is 24.5. The molecule has 0 heterocycles. The highest BCUT2D eigenvalue weighted by Gasteiger charge is 2.41. The van der Waals surface area contributed by atoms with Crippen LogP contribution in [-0.2, 0) is 14.3 Å². The molecule has 35 heavy (non-hydrogen) atoms. The number of hydrogen-bond acceptors (Lipinski definition) is 4. The quantitative estimate of drug-likeness (QED) is 0.461. The molecule has 2 aliphatic rings. The minimum Gasteiger partial charge on any atom is -0.481 e. The number of hydrogen-bond donors (Lipinski definition) is 3. The van der Waals surface area contributed by atoms with Crippen molar-refractivity contribution in [3.8, 4) is 11.1 Å². The zero-order valence-corrected chi connectivity index (χ0v) is 19.0. The highest BCUT2D eigenvalue weighted by molar-refractivity contribution is 5.89. The van der Waals surface area contributed by atoms with Crippen LogP contribution in [0, 0.1) is 0 Å². The van der Waals surface area contributed by atoms with Crippen LogP contribution in [0.25, 0.3) is 11.1 Å². The van der Waals surface area contributed by atoms with Gasteiger partial charge in [0.2, 0.25) is 5.91 Å². The number of benzene rings is 3. The lowest BCUT2D eigenvalue weighted by atomic mass is 9.98. The van der Waals surface area contributed by atoms with Gasteiger partial charge in [0.15, 0.2) is 0 Å². The minimum atomic E-state index is -1.22. The first-order valence-corrected chi connectivity index (χ1v) is 11.7. The minimum absolute atomic E-state index is 0.0782. The van der Waals surface area contributed by atoms with Gasteiger partial charge in [0.25, 0.3) is 0 Å². The normalized spacial score (nSPS) is 18.6. The van der Waals surface area contributed by atoms with E-state index in [2.05, 4.69) is 10.6 Å². The lowest BCUT2D eigenvalue weighted by Gasteiger charge is -2.19. The number of amides is 2. The van der Waals surface area contributed by atoms with Crippen LogP contribution in [-0.4, -0.2) is 41.8 Å². The van der Waals surface area contributed by atoms with Gasteiger partial charge in [-0.1, -0.05) is 78.9 Å². The van der Waals surface area contributed by atoms with Crippen molar-refractivity contribution in [2.75, 3.05) is 6.61 Å². The summed E-state index contributed by atoms with van der Waals surface area (Å²) in [5.41, 5.74) is 5.48. The van der Waals surface area contributed by atoms with Crippen LogP contribution in [0.2, 0.25) is 0 Å². The molecule has 7 heteroatoms. The summed E-state index contributed by atoms with van der Waals surface area (Å²) in [6.45, 7) is 0.0833. The third kappa shape index (κ3) is 4.89. The number of ether oxygens (including phenoxy) is 1. The Labute approximate surface area is 203 Å². The summed E-state index contributed by atoms with van der Waals surface area (Å²) in [5, 5.41) is 14.6. The summed E-state index contributed by atoms with van der Waals surface area (Å²) in [7, 11) is 0. The zero-order valence-electron chi connectivity index (χ0n) is 19.0. The monoisotopic (exact) mass is 470 g/mol. The summed E-state index contributed by atoms with van der Waals surface area (Å²) in [6.07, 6.45) is -0.567. The van der Waals surface area contributed by atoms with Gasteiger partial charge in [0.1, 0.15) is 12.6 Å². The zero-order chi connectivity index (χ0) is 24.4. The van der Waals surface area contributed by atoms with Crippen molar-refractivity contribution in [1.82, 2.24) is 10.6 Å². The first kappa shape index (κ1) is 22.7. The molecule has 2 aliphatic carbocycles. The molecule has 0 radical (unpaired) electrons. The Balaban J connectivity index is 1.20. The number of carboxylic acids is 1. The van der Waals surface area contributed by atoms with Crippen molar-refractivity contribution in [2.45, 2.75) is 36.8 Å². The smallest absolute Gasteiger partial charge is 0.407 e. The van der Waals surface area contributed by atoms with Crippen molar-refractivity contribution in [3.63, 3.8) is 0 Å². The number of carbonyl (C=O) groups excluding carboxylic acids is 2. The second-order valence-electron chi connectivity index (χ2n) is 8.99. The molecular formula is C28H26N2O5. The maximum absolute atomic E-state index is 12.8. The summed E-state index contributed by atoms with van der Waals surface area (Å²) < 4.78 is 5.49. The standard InChI is InChI=1S/C28H26N2O5/c31-26(32)15-25(27(33)29-24-14-22(24)17-8-2-1-3-9-17)30-28(34)35-16-23-20-12-6-4-10-18(20)19-11-5-7-13-21(19)23/h1-13,22-25H,14-16H2,(H,29,33)(H,30,34)(H,31,32). The van der Waals surface area contributed by atoms with E-state index in [0.717, 1.165) is 34.2 Å². The molecule has 3 aromatic carbocycles. The SMILES string of the molecule is O=C(O)CC(NC(=O)OCC1c2ccccc2-c2ccccc21)C(=O)NC1CC1c1ccccc1. The Bertz CT molecular complexity index is 1210. The molecule has 3 aromatic rings. The van der Waals surface area contributed by atoms with E-state index in [1.165, 1.54) is 0 Å². The summed E-state index contributed by atoms with van der Waals surface area (Å²) >= 11 is 0. The van der Waals surface area contributed by atoms with Gasteiger partial charge in [-0.15, -0.1) is 0 Å². The largest absolute Gasteiger partial charge is 0.481 e. The average molecular weight is 471 g/mol. The molecule has 0 saturated heterocycles. The van der Waals surface area contributed by atoms with E-state index in [1.807, 2.05) is 78.9 Å². The molecule has 0 spiro atoms. The molecule has 1 fully saturated rings. The number of nitrogens with one attached hydrogen (secondary N) is 2. The highest BCUT2D eigenvalue weighted by atomic mass is 16.5. The Hall–Kier alpha value is -4.13. The number of alkyl carbamates (subject to hydrolysis) is 1. The van der Waals surface area contributed by atoms with Gasteiger partial charge in [0, 0.05) is 17.9 Å². The molecule has 3 atom stereocenters.